The molecule has 0 unspecified atom stereocenters. The molecule has 0 spiro atoms. The Hall–Kier alpha value is -2.00. The zero-order valence-electron chi connectivity index (χ0n) is 15.5. The molecule has 1 aromatic rings. The minimum atomic E-state index is -4.87. The van der Waals surface area contributed by atoms with Crippen LogP contribution in [0.1, 0.15) is 30.7 Å². The molecule has 3 atom stereocenters. The molecule has 0 bridgehead atoms. The number of fused-ring (bicyclic) bond motifs is 1. The van der Waals surface area contributed by atoms with Crippen LogP contribution < -0.4 is 4.74 Å². The summed E-state index contributed by atoms with van der Waals surface area (Å²) in [5, 5.41) is 12.2. The molecule has 0 saturated carbocycles. The highest BCUT2D eigenvalue weighted by Crippen LogP contribution is 2.50. The molecule has 0 amide bonds. The van der Waals surface area contributed by atoms with Crippen molar-refractivity contribution in [2.45, 2.75) is 43.5 Å². The number of nitrogens with zero attached hydrogens (tertiary/aromatic N) is 2. The van der Waals surface area contributed by atoms with E-state index >= 15 is 0 Å². The van der Waals surface area contributed by atoms with E-state index in [9.17, 15) is 23.3 Å². The van der Waals surface area contributed by atoms with Gasteiger partial charge in [-0.15, -0.1) is 0 Å². The molecule has 2 aliphatic heterocycles. The summed E-state index contributed by atoms with van der Waals surface area (Å²) in [5.41, 5.74) is 1.94. The zero-order chi connectivity index (χ0) is 20.8. The summed E-state index contributed by atoms with van der Waals surface area (Å²) in [5.74, 6) is -1.04. The Morgan fingerprint density at radius 3 is 2.59 bits per heavy atom. The summed E-state index contributed by atoms with van der Waals surface area (Å²) < 4.78 is 51.7. The molecule has 10 heteroatoms. The molecule has 0 N–H and O–H groups in total. The molecule has 1 fully saturated rings. The molecule has 158 valence electrons. The van der Waals surface area contributed by atoms with Gasteiger partial charge in [0.25, 0.3) is 12.1 Å². The molecule has 0 aromatic heterocycles. The molecular formula is C19H20ClF3N2O4. The van der Waals surface area contributed by atoms with Gasteiger partial charge >= 0.3 is 6.18 Å². The van der Waals surface area contributed by atoms with E-state index in [4.69, 9.17) is 21.1 Å². The van der Waals surface area contributed by atoms with Gasteiger partial charge in [-0.3, -0.25) is 10.1 Å². The van der Waals surface area contributed by atoms with Crippen molar-refractivity contribution in [2.75, 3.05) is 26.3 Å². The van der Waals surface area contributed by atoms with Gasteiger partial charge in [0.1, 0.15) is 5.75 Å². The van der Waals surface area contributed by atoms with E-state index in [0.29, 0.717) is 55.3 Å². The van der Waals surface area contributed by atoms with Crippen molar-refractivity contribution in [2.24, 2.45) is 0 Å². The zero-order valence-corrected chi connectivity index (χ0v) is 16.2. The second kappa shape index (κ2) is 7.68. The number of alkyl halides is 3. The molecule has 6 nitrogen and oxygen atoms in total. The van der Waals surface area contributed by atoms with Crippen molar-refractivity contribution < 1.29 is 27.6 Å². The van der Waals surface area contributed by atoms with Crippen LogP contribution in [0.5, 0.6) is 5.75 Å². The van der Waals surface area contributed by atoms with Gasteiger partial charge in [0, 0.05) is 34.3 Å². The Balaban J connectivity index is 1.87. The minimum absolute atomic E-state index is 0.000512. The van der Waals surface area contributed by atoms with Crippen LogP contribution in [0.3, 0.4) is 0 Å². The van der Waals surface area contributed by atoms with E-state index in [2.05, 4.69) is 4.90 Å². The third-order valence-corrected chi connectivity index (χ3v) is 6.01. The number of halogens is 4. The average molecular weight is 433 g/mol. The third-order valence-electron chi connectivity index (χ3n) is 5.78. The predicted molar refractivity (Wildman–Crippen MR) is 98.7 cm³/mol. The maximum atomic E-state index is 13.7. The molecule has 4 rings (SSSR count). The molecule has 1 aromatic carbocycles. The number of hydrogen-bond donors (Lipinski definition) is 0. The van der Waals surface area contributed by atoms with Gasteiger partial charge in [-0.1, -0.05) is 11.6 Å². The monoisotopic (exact) mass is 432 g/mol. The second-order valence-electron chi connectivity index (χ2n) is 7.44. The van der Waals surface area contributed by atoms with E-state index in [1.54, 1.807) is 0 Å². The Labute approximate surface area is 170 Å². The Bertz CT molecular complexity index is 839. The molecule has 1 aliphatic carbocycles. The molecule has 1 saturated heterocycles. The van der Waals surface area contributed by atoms with E-state index < -0.39 is 29.2 Å². The van der Waals surface area contributed by atoms with Gasteiger partial charge in [-0.2, -0.15) is 13.2 Å². The standard InChI is InChI=1S/C19H20ClF3N2O4/c20-11-4-5-15-13(10-11)16(17(25(26)27)18(29-15)19(21,22)23)12-2-1-3-14(12)24-6-8-28-9-7-24/h4-5,10,16-18H,1-3,6-9H2/t16-,17+,18+/m0/s1. The van der Waals surface area contributed by atoms with Crippen LogP contribution in [0.2, 0.25) is 5.02 Å². The van der Waals surface area contributed by atoms with Crippen LogP contribution in [-0.4, -0.2) is 54.4 Å². The summed E-state index contributed by atoms with van der Waals surface area (Å²) in [6, 6.07) is 2.32. The highest BCUT2D eigenvalue weighted by molar-refractivity contribution is 6.30. The molecule has 2 heterocycles. The van der Waals surface area contributed by atoms with Crippen molar-refractivity contribution in [3.05, 3.63) is 50.2 Å². The lowest BCUT2D eigenvalue weighted by molar-refractivity contribution is -0.547. The largest absolute Gasteiger partial charge is 0.473 e. The Morgan fingerprint density at radius 2 is 1.93 bits per heavy atom. The lowest BCUT2D eigenvalue weighted by Gasteiger charge is -2.38. The van der Waals surface area contributed by atoms with Gasteiger partial charge in [0.15, 0.2) is 0 Å². The molecule has 0 radical (unpaired) electrons. The van der Waals surface area contributed by atoms with Gasteiger partial charge in [-0.05, 0) is 43.0 Å². The first-order valence-corrected chi connectivity index (χ1v) is 9.86. The summed E-state index contributed by atoms with van der Waals surface area (Å²) >= 11 is 6.10. The minimum Gasteiger partial charge on any atom is -0.473 e. The number of ether oxygens (including phenoxy) is 2. The lowest BCUT2D eigenvalue weighted by Crippen LogP contribution is -2.54. The fraction of sp³-hybridized carbons (Fsp3) is 0.579. The summed E-state index contributed by atoms with van der Waals surface area (Å²) in [7, 11) is 0. The van der Waals surface area contributed by atoms with Crippen LogP contribution in [-0.2, 0) is 4.74 Å². The maximum absolute atomic E-state index is 13.7. The van der Waals surface area contributed by atoms with Crippen LogP contribution >= 0.6 is 11.6 Å². The van der Waals surface area contributed by atoms with Crippen molar-refractivity contribution in [1.82, 2.24) is 4.90 Å². The highest BCUT2D eigenvalue weighted by Gasteiger charge is 2.60. The van der Waals surface area contributed by atoms with Gasteiger partial charge < -0.3 is 14.4 Å². The number of rotatable bonds is 3. The third kappa shape index (κ3) is 3.77. The van der Waals surface area contributed by atoms with E-state index in [1.165, 1.54) is 18.2 Å². The molecular weight excluding hydrogens is 413 g/mol. The maximum Gasteiger partial charge on any atom is 0.432 e. The Kier molecular flexibility index (Phi) is 5.37. The SMILES string of the molecule is O=[N+]([O-])[C@H]1[C@H](C(F)(F)F)Oc2ccc(Cl)cc2[C@@H]1C1=C(N2CCOCC2)CCC1. The Morgan fingerprint density at radius 1 is 1.21 bits per heavy atom. The van der Waals surface area contributed by atoms with E-state index in [1.807, 2.05) is 0 Å². The first kappa shape index (κ1) is 20.3. The van der Waals surface area contributed by atoms with Gasteiger partial charge in [-0.25, -0.2) is 0 Å². The number of nitro groups is 1. The quantitative estimate of drug-likeness (QED) is 0.530. The number of hydrogen-bond acceptors (Lipinski definition) is 5. The number of benzene rings is 1. The van der Waals surface area contributed by atoms with Crippen LogP contribution in [0.15, 0.2) is 29.5 Å². The van der Waals surface area contributed by atoms with Crippen LogP contribution in [0.4, 0.5) is 13.2 Å². The average Bonchev–Trinajstić information content (AvgIpc) is 3.15. The predicted octanol–water partition coefficient (Wildman–Crippen LogP) is 4.16. The van der Waals surface area contributed by atoms with Gasteiger partial charge in [0.05, 0.1) is 19.1 Å². The number of morpholine rings is 1. The fourth-order valence-electron chi connectivity index (χ4n) is 4.60. The van der Waals surface area contributed by atoms with Crippen LogP contribution in [0, 0.1) is 10.1 Å². The normalized spacial score (nSPS) is 27.6. The highest BCUT2D eigenvalue weighted by atomic mass is 35.5. The second-order valence-corrected chi connectivity index (χ2v) is 7.88. The molecule has 3 aliphatic rings. The first-order chi connectivity index (χ1) is 13.8. The van der Waals surface area contributed by atoms with Crippen LogP contribution in [0.25, 0.3) is 0 Å². The van der Waals surface area contributed by atoms with E-state index in [0.717, 1.165) is 12.1 Å². The summed E-state index contributed by atoms with van der Waals surface area (Å²) in [6.07, 6.45) is -5.44. The lowest BCUT2D eigenvalue weighted by atomic mass is 9.79. The summed E-state index contributed by atoms with van der Waals surface area (Å²) in [6.45, 7) is 2.29. The fourth-order valence-corrected chi connectivity index (χ4v) is 4.78. The van der Waals surface area contributed by atoms with Crippen molar-refractivity contribution in [1.29, 1.82) is 0 Å². The topological polar surface area (TPSA) is 64.8 Å². The van der Waals surface area contributed by atoms with Crippen molar-refractivity contribution >= 4 is 11.6 Å². The smallest absolute Gasteiger partial charge is 0.432 e. The van der Waals surface area contributed by atoms with Gasteiger partial charge in [0.2, 0.25) is 0 Å². The van der Waals surface area contributed by atoms with Crippen molar-refractivity contribution in [3.8, 4) is 5.75 Å². The molecule has 29 heavy (non-hydrogen) atoms. The first-order valence-electron chi connectivity index (χ1n) is 9.48. The summed E-state index contributed by atoms with van der Waals surface area (Å²) in [4.78, 5) is 13.1. The van der Waals surface area contributed by atoms with E-state index in [-0.39, 0.29) is 5.75 Å². The van der Waals surface area contributed by atoms with Crippen molar-refractivity contribution in [3.63, 3.8) is 0 Å². The number of allylic oxidation sites excluding steroid dienone is 1.